The number of nitrogens with one attached hydrogen (secondary N) is 2. The lowest BCUT2D eigenvalue weighted by atomic mass is 10.3. The molecule has 18 heavy (non-hydrogen) atoms. The van der Waals surface area contributed by atoms with Crippen LogP contribution in [0.2, 0.25) is 0 Å². The summed E-state index contributed by atoms with van der Waals surface area (Å²) in [7, 11) is 1.61. The minimum atomic E-state index is -0.0316. The van der Waals surface area contributed by atoms with Gasteiger partial charge in [0.1, 0.15) is 6.54 Å². The maximum Gasteiger partial charge on any atom is 0.240 e. The molecule has 6 nitrogen and oxygen atoms in total. The van der Waals surface area contributed by atoms with Crippen molar-refractivity contribution in [3.8, 4) is 0 Å². The van der Waals surface area contributed by atoms with Crippen molar-refractivity contribution in [3.63, 3.8) is 0 Å². The first-order valence-corrected chi connectivity index (χ1v) is 6.11. The molecule has 2 N–H and O–H groups in total. The van der Waals surface area contributed by atoms with Gasteiger partial charge in [0.15, 0.2) is 0 Å². The van der Waals surface area contributed by atoms with Gasteiger partial charge in [-0.1, -0.05) is 13.8 Å². The highest BCUT2D eigenvalue weighted by Crippen LogP contribution is 1.99. The Kier molecular flexibility index (Phi) is 6.38. The van der Waals surface area contributed by atoms with Crippen LogP contribution in [0.15, 0.2) is 12.5 Å². The third-order valence-electron chi connectivity index (χ3n) is 2.43. The average molecular weight is 254 g/mol. The van der Waals surface area contributed by atoms with Gasteiger partial charge in [0.25, 0.3) is 0 Å². The molecule has 0 saturated heterocycles. The highest BCUT2D eigenvalue weighted by Gasteiger charge is 2.07. The molecule has 0 unspecified atom stereocenters. The molecule has 0 bridgehead atoms. The van der Waals surface area contributed by atoms with Crippen LogP contribution in [0.5, 0.6) is 0 Å². The largest absolute Gasteiger partial charge is 0.383 e. The molecule has 1 aromatic rings. The highest BCUT2D eigenvalue weighted by molar-refractivity contribution is 5.75. The summed E-state index contributed by atoms with van der Waals surface area (Å²) < 4.78 is 6.72. The fraction of sp³-hybridized carbons (Fsp3) is 0.667. The van der Waals surface area contributed by atoms with E-state index in [2.05, 4.69) is 29.5 Å². The predicted molar refractivity (Wildman–Crippen MR) is 69.1 cm³/mol. The van der Waals surface area contributed by atoms with E-state index >= 15 is 0 Å². The van der Waals surface area contributed by atoms with Crippen molar-refractivity contribution in [2.24, 2.45) is 0 Å². The topological polar surface area (TPSA) is 68.2 Å². The summed E-state index contributed by atoms with van der Waals surface area (Å²) in [5.74, 6) is -0.0316. The van der Waals surface area contributed by atoms with Gasteiger partial charge in [0, 0.05) is 32.4 Å². The van der Waals surface area contributed by atoms with Crippen LogP contribution in [0.1, 0.15) is 19.5 Å². The normalized spacial score (nSPS) is 10.9. The zero-order valence-electron chi connectivity index (χ0n) is 11.3. The minimum Gasteiger partial charge on any atom is -0.383 e. The molecule has 102 valence electrons. The number of hydrogen-bond donors (Lipinski definition) is 2. The Bertz CT molecular complexity index is 363. The van der Waals surface area contributed by atoms with E-state index in [0.717, 1.165) is 5.69 Å². The Morgan fingerprint density at radius 1 is 1.56 bits per heavy atom. The molecule has 0 atom stereocenters. The first-order valence-electron chi connectivity index (χ1n) is 6.11. The molecule has 0 radical (unpaired) electrons. The van der Waals surface area contributed by atoms with E-state index in [4.69, 9.17) is 4.74 Å². The smallest absolute Gasteiger partial charge is 0.240 e. The van der Waals surface area contributed by atoms with Crippen molar-refractivity contribution in [3.05, 3.63) is 18.2 Å². The molecule has 0 spiro atoms. The quantitative estimate of drug-likeness (QED) is 0.648. The van der Waals surface area contributed by atoms with Gasteiger partial charge >= 0.3 is 0 Å². The Morgan fingerprint density at radius 2 is 2.33 bits per heavy atom. The first-order chi connectivity index (χ1) is 8.63. The summed E-state index contributed by atoms with van der Waals surface area (Å²) in [6.07, 6.45) is 3.45. The van der Waals surface area contributed by atoms with Gasteiger partial charge in [-0.15, -0.1) is 0 Å². The summed E-state index contributed by atoms with van der Waals surface area (Å²) in [5.41, 5.74) is 1.01. The summed E-state index contributed by atoms with van der Waals surface area (Å²) in [6, 6.07) is 0.406. The molecule has 0 aliphatic heterocycles. The number of ether oxygens (including phenoxy) is 1. The maximum atomic E-state index is 11.6. The van der Waals surface area contributed by atoms with E-state index in [1.54, 1.807) is 19.6 Å². The summed E-state index contributed by atoms with van der Waals surface area (Å²) in [6.45, 7) is 6.22. The molecule has 1 rings (SSSR count). The van der Waals surface area contributed by atoms with E-state index in [-0.39, 0.29) is 5.91 Å². The number of carbonyl (C=O) groups is 1. The van der Waals surface area contributed by atoms with E-state index in [9.17, 15) is 4.79 Å². The lowest BCUT2D eigenvalue weighted by molar-refractivity contribution is -0.121. The van der Waals surface area contributed by atoms with Crippen molar-refractivity contribution in [2.75, 3.05) is 20.3 Å². The van der Waals surface area contributed by atoms with Gasteiger partial charge in [-0.2, -0.15) is 0 Å². The van der Waals surface area contributed by atoms with E-state index in [0.29, 0.717) is 32.3 Å². The zero-order chi connectivity index (χ0) is 13.4. The van der Waals surface area contributed by atoms with Crippen LogP contribution in [-0.2, 0) is 22.6 Å². The fourth-order valence-corrected chi connectivity index (χ4v) is 1.45. The number of nitrogens with zero attached hydrogens (tertiary/aromatic N) is 2. The van der Waals surface area contributed by atoms with Crippen molar-refractivity contribution in [1.82, 2.24) is 20.2 Å². The Labute approximate surface area is 108 Å². The van der Waals surface area contributed by atoms with Gasteiger partial charge in [0.2, 0.25) is 5.91 Å². The Balaban J connectivity index is 2.41. The van der Waals surface area contributed by atoms with Crippen LogP contribution in [0.25, 0.3) is 0 Å². The zero-order valence-corrected chi connectivity index (χ0v) is 11.3. The third-order valence-corrected chi connectivity index (χ3v) is 2.43. The molecule has 6 heteroatoms. The molecular formula is C12H22N4O2. The van der Waals surface area contributed by atoms with E-state index in [1.807, 2.05) is 4.57 Å². The molecule has 0 aliphatic carbocycles. The second-order valence-electron chi connectivity index (χ2n) is 4.39. The van der Waals surface area contributed by atoms with Crippen LogP contribution in [0.4, 0.5) is 0 Å². The number of carbonyl (C=O) groups excluding carboxylic acids is 1. The Hall–Kier alpha value is -1.40. The Morgan fingerprint density at radius 3 is 3.00 bits per heavy atom. The lowest BCUT2D eigenvalue weighted by Crippen LogP contribution is -2.31. The van der Waals surface area contributed by atoms with Crippen molar-refractivity contribution < 1.29 is 9.53 Å². The average Bonchev–Trinajstić information content (AvgIpc) is 2.74. The molecule has 1 aromatic heterocycles. The van der Waals surface area contributed by atoms with Gasteiger partial charge in [0.05, 0.1) is 18.6 Å². The van der Waals surface area contributed by atoms with E-state index < -0.39 is 0 Å². The minimum absolute atomic E-state index is 0.0316. The monoisotopic (exact) mass is 254 g/mol. The number of aromatic nitrogens is 2. The highest BCUT2D eigenvalue weighted by atomic mass is 16.5. The summed E-state index contributed by atoms with van der Waals surface area (Å²) in [5, 5.41) is 6.08. The van der Waals surface area contributed by atoms with Crippen LogP contribution in [0.3, 0.4) is 0 Å². The van der Waals surface area contributed by atoms with Gasteiger partial charge in [-0.05, 0) is 0 Å². The molecule has 1 amide bonds. The SMILES string of the molecule is COCCNC(=O)Cn1cncc1CNC(C)C. The van der Waals surface area contributed by atoms with Crippen LogP contribution in [0, 0.1) is 0 Å². The fourth-order valence-electron chi connectivity index (χ4n) is 1.45. The standard InChI is InChI=1S/C12H22N4O2/c1-10(2)15-7-11-6-13-9-16(11)8-12(17)14-4-5-18-3/h6,9-10,15H,4-5,7-8H2,1-3H3,(H,14,17). The van der Waals surface area contributed by atoms with Crippen molar-refractivity contribution >= 4 is 5.91 Å². The number of rotatable bonds is 8. The van der Waals surface area contributed by atoms with Crippen LogP contribution in [-0.4, -0.2) is 41.8 Å². The number of hydrogen-bond acceptors (Lipinski definition) is 4. The molecule has 0 aliphatic rings. The lowest BCUT2D eigenvalue weighted by Gasteiger charge is -2.11. The van der Waals surface area contributed by atoms with Crippen LogP contribution < -0.4 is 10.6 Å². The predicted octanol–water partition coefficient (Wildman–Crippen LogP) is 0.144. The second-order valence-corrected chi connectivity index (χ2v) is 4.39. The second kappa shape index (κ2) is 7.84. The molecule has 0 saturated carbocycles. The molecular weight excluding hydrogens is 232 g/mol. The summed E-state index contributed by atoms with van der Waals surface area (Å²) >= 11 is 0. The maximum absolute atomic E-state index is 11.6. The number of amides is 1. The third kappa shape index (κ3) is 5.29. The van der Waals surface area contributed by atoms with Crippen LogP contribution >= 0.6 is 0 Å². The number of imidazole rings is 1. The number of methoxy groups -OCH3 is 1. The van der Waals surface area contributed by atoms with Gasteiger partial charge in [-0.3, -0.25) is 4.79 Å². The van der Waals surface area contributed by atoms with Crippen molar-refractivity contribution in [2.45, 2.75) is 33.0 Å². The van der Waals surface area contributed by atoms with Gasteiger partial charge < -0.3 is 19.9 Å². The molecule has 1 heterocycles. The van der Waals surface area contributed by atoms with Crippen molar-refractivity contribution in [1.29, 1.82) is 0 Å². The van der Waals surface area contributed by atoms with E-state index in [1.165, 1.54) is 0 Å². The first kappa shape index (κ1) is 14.7. The summed E-state index contributed by atoms with van der Waals surface area (Å²) in [4.78, 5) is 15.7. The van der Waals surface area contributed by atoms with Gasteiger partial charge in [-0.25, -0.2) is 4.98 Å². The molecule has 0 fully saturated rings. The molecule has 0 aromatic carbocycles.